The number of carbonyl (C=O) groups excluding carboxylic acids is 1. The summed E-state index contributed by atoms with van der Waals surface area (Å²) in [6.45, 7) is 14.0. The molecule has 4 heteroatoms. The first-order chi connectivity index (χ1) is 10.7. The predicted octanol–water partition coefficient (Wildman–Crippen LogP) is 4.08. The molecule has 0 aliphatic heterocycles. The normalized spacial score (nSPS) is 9.57. The summed E-state index contributed by atoms with van der Waals surface area (Å²) in [6.07, 6.45) is 2.04. The van der Waals surface area contributed by atoms with Gasteiger partial charge in [0.05, 0.1) is 6.61 Å². The van der Waals surface area contributed by atoms with Crippen molar-refractivity contribution in [2.75, 3.05) is 6.61 Å². The molecule has 1 atom stereocenters. The average Bonchev–Trinajstić information content (AvgIpc) is 2.59. The van der Waals surface area contributed by atoms with E-state index >= 15 is 0 Å². The van der Waals surface area contributed by atoms with E-state index in [9.17, 15) is 9.90 Å². The van der Waals surface area contributed by atoms with Crippen molar-refractivity contribution in [1.29, 1.82) is 0 Å². The van der Waals surface area contributed by atoms with Crippen LogP contribution >= 0.6 is 0 Å². The molecule has 132 valence electrons. The second-order valence-electron chi connectivity index (χ2n) is 3.32. The Morgan fingerprint density at radius 1 is 1.09 bits per heavy atom. The van der Waals surface area contributed by atoms with E-state index in [0.717, 1.165) is 5.56 Å². The van der Waals surface area contributed by atoms with Crippen molar-refractivity contribution >= 4 is 36.0 Å². The van der Waals surface area contributed by atoms with E-state index < -0.39 is 12.1 Å². The summed E-state index contributed by atoms with van der Waals surface area (Å²) in [5.41, 5.74) is 0.951. The van der Waals surface area contributed by atoms with Gasteiger partial charge in [-0.2, -0.15) is 0 Å². The second-order valence-corrected chi connectivity index (χ2v) is 3.32. The minimum Gasteiger partial charge on any atom is -0.849 e. The molecular weight excluding hydrogens is 395 g/mol. The van der Waals surface area contributed by atoms with Crippen molar-refractivity contribution in [3.8, 4) is 0 Å². The van der Waals surface area contributed by atoms with Gasteiger partial charge in [-0.25, -0.2) is 0 Å². The van der Waals surface area contributed by atoms with Gasteiger partial charge in [-0.05, 0) is 12.5 Å². The first kappa shape index (κ1) is 30.1. The van der Waals surface area contributed by atoms with Gasteiger partial charge in [0.2, 0.25) is 0 Å². The van der Waals surface area contributed by atoms with Crippen LogP contribution in [0.1, 0.15) is 60.5 Å². The summed E-state index contributed by atoms with van der Waals surface area (Å²) in [7, 11) is 0. The fraction of sp³-hybridized carbons (Fsp3) is 0.526. The van der Waals surface area contributed by atoms with E-state index in [1.807, 2.05) is 71.9 Å². The molecule has 0 bridgehead atoms. The van der Waals surface area contributed by atoms with Crippen molar-refractivity contribution in [2.45, 2.75) is 61.0 Å². The third-order valence-electron chi connectivity index (χ3n) is 1.98. The maximum absolute atomic E-state index is 11.4. The van der Waals surface area contributed by atoms with Gasteiger partial charge in [-0.1, -0.05) is 90.1 Å². The number of hydrogen-bond donors (Lipinski definition) is 0. The minimum absolute atomic E-state index is 0. The summed E-state index contributed by atoms with van der Waals surface area (Å²) in [5, 5.41) is 11.4. The molecule has 4 radical (unpaired) electrons. The number of ether oxygens (including phenoxy) is 1. The SMILES string of the molecule is CC.CC.CC.CCOC(=O)CC([O-])/C=C/c1ccccc1.[Sn]. The van der Waals surface area contributed by atoms with Crippen LogP contribution in [0, 0.1) is 0 Å². The van der Waals surface area contributed by atoms with Gasteiger partial charge in [0, 0.05) is 30.3 Å². The predicted molar refractivity (Wildman–Crippen MR) is 100 cm³/mol. The third-order valence-corrected chi connectivity index (χ3v) is 1.98. The Hall–Kier alpha value is -0.811. The van der Waals surface area contributed by atoms with Crippen molar-refractivity contribution in [3.05, 3.63) is 42.0 Å². The fourth-order valence-corrected chi connectivity index (χ4v) is 1.23. The fourth-order valence-electron chi connectivity index (χ4n) is 1.23. The molecule has 1 aromatic rings. The molecular formula is C19H33O3Sn-. The molecule has 3 nitrogen and oxygen atoms in total. The molecule has 0 amide bonds. The first-order valence-electron chi connectivity index (χ1n) is 8.27. The van der Waals surface area contributed by atoms with E-state index in [0.29, 0.717) is 6.61 Å². The summed E-state index contributed by atoms with van der Waals surface area (Å²) in [5.74, 6) is -0.444. The maximum Gasteiger partial charge on any atom is 0.304 e. The Morgan fingerprint density at radius 3 is 2.00 bits per heavy atom. The van der Waals surface area contributed by atoms with Crippen LogP contribution in [0.15, 0.2) is 36.4 Å². The molecule has 1 unspecified atom stereocenters. The van der Waals surface area contributed by atoms with E-state index in [-0.39, 0.29) is 30.3 Å². The van der Waals surface area contributed by atoms with Crippen LogP contribution in [-0.2, 0) is 9.53 Å². The van der Waals surface area contributed by atoms with E-state index in [4.69, 9.17) is 4.74 Å². The average molecular weight is 428 g/mol. The van der Waals surface area contributed by atoms with Gasteiger partial charge in [0.25, 0.3) is 0 Å². The van der Waals surface area contributed by atoms with Crippen LogP contribution in [0.2, 0.25) is 0 Å². The first-order valence-corrected chi connectivity index (χ1v) is 8.27. The molecule has 1 rings (SSSR count). The van der Waals surface area contributed by atoms with E-state index in [1.165, 1.54) is 6.08 Å². The molecule has 0 spiro atoms. The monoisotopic (exact) mass is 429 g/mol. The summed E-state index contributed by atoms with van der Waals surface area (Å²) in [4.78, 5) is 11.0. The quantitative estimate of drug-likeness (QED) is 0.525. The Bertz CT molecular complexity index is 351. The number of rotatable bonds is 5. The van der Waals surface area contributed by atoms with Crippen molar-refractivity contribution in [3.63, 3.8) is 0 Å². The molecule has 1 aromatic carbocycles. The molecule has 0 saturated carbocycles. The molecule has 0 N–H and O–H groups in total. The van der Waals surface area contributed by atoms with Crippen LogP contribution in [0.3, 0.4) is 0 Å². The van der Waals surface area contributed by atoms with Crippen LogP contribution < -0.4 is 5.11 Å². The Balaban J connectivity index is -0.000000231. The number of carbonyl (C=O) groups is 1. The summed E-state index contributed by atoms with van der Waals surface area (Å²) >= 11 is 0. The summed E-state index contributed by atoms with van der Waals surface area (Å²) in [6, 6.07) is 9.49. The van der Waals surface area contributed by atoms with Crippen LogP contribution in [-0.4, -0.2) is 42.6 Å². The minimum atomic E-state index is -1.04. The number of hydrogen-bond acceptors (Lipinski definition) is 3. The van der Waals surface area contributed by atoms with Gasteiger partial charge < -0.3 is 9.84 Å². The molecule has 0 aliphatic rings. The third kappa shape index (κ3) is 21.2. The van der Waals surface area contributed by atoms with Gasteiger partial charge in [-0.3, -0.25) is 4.79 Å². The van der Waals surface area contributed by atoms with E-state index in [2.05, 4.69) is 0 Å². The van der Waals surface area contributed by atoms with Gasteiger partial charge >= 0.3 is 5.97 Å². The summed E-state index contributed by atoms with van der Waals surface area (Å²) < 4.78 is 4.69. The van der Waals surface area contributed by atoms with Gasteiger partial charge in [-0.15, -0.1) is 0 Å². The Morgan fingerprint density at radius 2 is 1.57 bits per heavy atom. The molecule has 0 aliphatic carbocycles. The van der Waals surface area contributed by atoms with Crippen LogP contribution in [0.5, 0.6) is 0 Å². The molecule has 0 saturated heterocycles. The van der Waals surface area contributed by atoms with E-state index in [1.54, 1.807) is 13.0 Å². The molecule has 0 fully saturated rings. The van der Waals surface area contributed by atoms with Crippen molar-refractivity contribution < 1.29 is 14.6 Å². The zero-order valence-corrected chi connectivity index (χ0v) is 18.6. The molecule has 0 heterocycles. The van der Waals surface area contributed by atoms with Crippen molar-refractivity contribution in [2.24, 2.45) is 0 Å². The number of esters is 1. The van der Waals surface area contributed by atoms with Gasteiger partial charge in [0.1, 0.15) is 0 Å². The van der Waals surface area contributed by atoms with Gasteiger partial charge in [0.15, 0.2) is 0 Å². The second kappa shape index (κ2) is 26.1. The number of benzene rings is 1. The maximum atomic E-state index is 11.4. The standard InChI is InChI=1S/C13H15O3.3C2H6.Sn/c1-2-16-13(15)10-12(14)9-8-11-6-4-3-5-7-11;3*1-2;/h3-9,12H,2,10H2,1H3;3*1-2H3;/q-1;;;;/b9-8+;;;;. The zero-order valence-electron chi connectivity index (χ0n) is 15.8. The Labute approximate surface area is 160 Å². The zero-order chi connectivity index (χ0) is 17.8. The van der Waals surface area contributed by atoms with Crippen LogP contribution in [0.25, 0.3) is 6.08 Å². The molecule has 23 heavy (non-hydrogen) atoms. The largest absolute Gasteiger partial charge is 0.849 e. The topological polar surface area (TPSA) is 49.4 Å². The van der Waals surface area contributed by atoms with Crippen molar-refractivity contribution in [1.82, 2.24) is 0 Å². The molecule has 0 aromatic heterocycles. The van der Waals surface area contributed by atoms with Crippen LogP contribution in [0.4, 0.5) is 0 Å². The smallest absolute Gasteiger partial charge is 0.304 e. The Kier molecular flexibility index (Phi) is 34.2.